The van der Waals surface area contributed by atoms with Crippen LogP contribution < -0.4 is 9.80 Å². The fourth-order valence-corrected chi connectivity index (χ4v) is 6.84. The lowest BCUT2D eigenvalue weighted by atomic mass is 9.98. The highest BCUT2D eigenvalue weighted by molar-refractivity contribution is 5.81. The number of aliphatic hydroxyl groups excluding tert-OH is 1. The number of hydrogen-bond acceptors (Lipinski definition) is 10. The number of pyridine rings is 2. The molecule has 12 heteroatoms. The van der Waals surface area contributed by atoms with Gasteiger partial charge in [-0.2, -0.15) is 5.26 Å². The molecule has 4 aromatic heterocycles. The van der Waals surface area contributed by atoms with Crippen LogP contribution in [0.2, 0.25) is 0 Å². The molecule has 1 aliphatic rings. The SMILES string of the molecule is CCc1cc(C(C#N)N2CCC(O)CC2)ccc1N(C)c1cc2c(cn1)ncn2C.CCc1cc(C=O)ccc1N(C)c1cc2c(cn1)ncn2C. The normalized spacial score (nSPS) is 14.1. The Morgan fingerprint density at radius 3 is 1.85 bits per heavy atom. The molecule has 7 rings (SSSR count). The molecule has 1 unspecified atom stereocenters. The number of nitriles is 1. The molecule has 1 N–H and O–H groups in total. The summed E-state index contributed by atoms with van der Waals surface area (Å²) in [5.41, 5.74) is 10.00. The maximum atomic E-state index is 10.9. The average molecular weight is 699 g/mol. The Balaban J connectivity index is 0.000000187. The van der Waals surface area contributed by atoms with Crippen LogP contribution in [-0.4, -0.2) is 78.7 Å². The van der Waals surface area contributed by atoms with E-state index < -0.39 is 0 Å². The number of hydrogen-bond donors (Lipinski definition) is 1. The van der Waals surface area contributed by atoms with E-state index in [1.807, 2.05) is 78.6 Å². The molecular weight excluding hydrogens is 653 g/mol. The van der Waals surface area contributed by atoms with Gasteiger partial charge in [0.25, 0.3) is 0 Å². The Morgan fingerprint density at radius 1 is 0.827 bits per heavy atom. The topological polar surface area (TPSA) is 132 Å². The van der Waals surface area contributed by atoms with Crippen LogP contribution in [0.15, 0.2) is 73.6 Å². The second kappa shape index (κ2) is 15.7. The van der Waals surface area contributed by atoms with Crippen LogP contribution in [0.3, 0.4) is 0 Å². The molecule has 0 aliphatic carbocycles. The first kappa shape index (κ1) is 36.2. The third-order valence-corrected chi connectivity index (χ3v) is 10.0. The van der Waals surface area contributed by atoms with Gasteiger partial charge in [-0.25, -0.2) is 19.9 Å². The lowest BCUT2D eigenvalue weighted by molar-refractivity contribution is 0.0716. The zero-order chi connectivity index (χ0) is 36.9. The predicted octanol–water partition coefficient (Wildman–Crippen LogP) is 6.43. The second-order valence-electron chi connectivity index (χ2n) is 13.3. The Labute approximate surface area is 304 Å². The van der Waals surface area contributed by atoms with Crippen molar-refractivity contribution in [2.75, 3.05) is 37.0 Å². The zero-order valence-electron chi connectivity index (χ0n) is 30.7. The Hall–Kier alpha value is -5.64. The molecule has 6 aromatic rings. The number of aromatic nitrogens is 6. The van der Waals surface area contributed by atoms with Crippen molar-refractivity contribution in [1.82, 2.24) is 34.0 Å². The van der Waals surface area contributed by atoms with Crippen LogP contribution in [0.5, 0.6) is 0 Å². The lowest BCUT2D eigenvalue weighted by Gasteiger charge is -2.33. The Bertz CT molecular complexity index is 2230. The molecule has 12 nitrogen and oxygen atoms in total. The van der Waals surface area contributed by atoms with Crippen molar-refractivity contribution >= 4 is 51.4 Å². The van der Waals surface area contributed by atoms with Gasteiger partial charge in [0.2, 0.25) is 0 Å². The first-order valence-corrected chi connectivity index (χ1v) is 17.7. The van der Waals surface area contributed by atoms with Gasteiger partial charge >= 0.3 is 0 Å². The van der Waals surface area contributed by atoms with Gasteiger partial charge in [0.1, 0.15) is 35.0 Å². The van der Waals surface area contributed by atoms with E-state index in [4.69, 9.17) is 0 Å². The minimum atomic E-state index is -0.286. The minimum absolute atomic E-state index is 0.243. The maximum absolute atomic E-state index is 10.9. The molecule has 1 aliphatic heterocycles. The number of imidazole rings is 2. The smallest absolute Gasteiger partial charge is 0.150 e. The molecule has 0 spiro atoms. The fourth-order valence-electron chi connectivity index (χ4n) is 6.84. The van der Waals surface area contributed by atoms with Gasteiger partial charge in [0, 0.05) is 70.4 Å². The number of rotatable bonds is 9. The van der Waals surface area contributed by atoms with Crippen molar-refractivity contribution in [2.45, 2.75) is 51.7 Å². The number of aliphatic hydroxyl groups is 1. The van der Waals surface area contributed by atoms with Crippen molar-refractivity contribution in [3.8, 4) is 6.07 Å². The number of aldehydes is 1. The van der Waals surface area contributed by atoms with E-state index >= 15 is 0 Å². The van der Waals surface area contributed by atoms with Gasteiger partial charge < -0.3 is 24.0 Å². The third-order valence-electron chi connectivity index (χ3n) is 10.0. The molecule has 0 radical (unpaired) electrons. The Kier molecular flexibility index (Phi) is 10.9. The number of benzene rings is 2. The van der Waals surface area contributed by atoms with Gasteiger partial charge in [-0.05, 0) is 66.6 Å². The highest BCUT2D eigenvalue weighted by atomic mass is 16.3. The molecular formula is C40H46N10O2. The highest BCUT2D eigenvalue weighted by Gasteiger charge is 2.26. The van der Waals surface area contributed by atoms with E-state index in [9.17, 15) is 15.2 Å². The molecule has 1 saturated heterocycles. The van der Waals surface area contributed by atoms with Crippen LogP contribution >= 0.6 is 0 Å². The van der Waals surface area contributed by atoms with E-state index in [0.717, 1.165) is 101 Å². The minimum Gasteiger partial charge on any atom is -0.393 e. The summed E-state index contributed by atoms with van der Waals surface area (Å²) in [6.07, 6.45) is 11.0. The van der Waals surface area contributed by atoms with E-state index in [1.165, 1.54) is 5.56 Å². The van der Waals surface area contributed by atoms with Crippen LogP contribution in [0.4, 0.5) is 23.0 Å². The average Bonchev–Trinajstić information content (AvgIpc) is 3.75. The van der Waals surface area contributed by atoms with Gasteiger partial charge in [0.15, 0.2) is 0 Å². The van der Waals surface area contributed by atoms with E-state index in [2.05, 4.69) is 61.8 Å². The largest absolute Gasteiger partial charge is 0.393 e. The standard InChI is InChI=1S/C23H28N6O.C17H18N4O/c1-4-16-11-17(22(13-24)29-9-7-18(30)8-10-29)5-6-20(16)28(3)23-12-21-19(14-25-23)26-15-27(21)2;1-4-13-7-12(10-22)5-6-15(13)21(3)17-8-16-14(9-18-17)19-11-20(16)2/h5-6,11-12,14-15,18,22,30H,4,7-10H2,1-3H3;5-11H,4H2,1-3H3. The summed E-state index contributed by atoms with van der Waals surface area (Å²) in [7, 11) is 7.95. The maximum Gasteiger partial charge on any atom is 0.150 e. The summed E-state index contributed by atoms with van der Waals surface area (Å²) in [5.74, 6) is 1.71. The second-order valence-corrected chi connectivity index (χ2v) is 13.3. The quantitative estimate of drug-likeness (QED) is 0.169. The number of carbonyl (C=O) groups is 1. The van der Waals surface area contributed by atoms with Crippen molar-refractivity contribution < 1.29 is 9.90 Å². The molecule has 52 heavy (non-hydrogen) atoms. The fraction of sp³-hybridized carbons (Fsp3) is 0.350. The number of likely N-dealkylation sites (tertiary alicyclic amines) is 1. The van der Waals surface area contributed by atoms with Crippen LogP contribution in [-0.2, 0) is 26.9 Å². The molecule has 268 valence electrons. The zero-order valence-corrected chi connectivity index (χ0v) is 30.7. The number of fused-ring (bicyclic) bond motifs is 2. The highest BCUT2D eigenvalue weighted by Crippen LogP contribution is 2.33. The summed E-state index contributed by atoms with van der Waals surface area (Å²) in [5, 5.41) is 19.6. The van der Waals surface area contributed by atoms with E-state index in [1.54, 1.807) is 25.0 Å². The first-order chi connectivity index (χ1) is 25.1. The number of aryl methyl sites for hydroxylation is 4. The summed E-state index contributed by atoms with van der Waals surface area (Å²) in [4.78, 5) is 35.0. The van der Waals surface area contributed by atoms with Gasteiger partial charge in [0.05, 0.1) is 48.3 Å². The number of nitrogens with zero attached hydrogens (tertiary/aromatic N) is 10. The van der Waals surface area contributed by atoms with Gasteiger partial charge in [-0.3, -0.25) is 9.69 Å². The van der Waals surface area contributed by atoms with Gasteiger partial charge in [-0.1, -0.05) is 26.0 Å². The van der Waals surface area contributed by atoms with Crippen molar-refractivity contribution in [3.05, 3.63) is 95.8 Å². The molecule has 0 saturated carbocycles. The summed E-state index contributed by atoms with van der Waals surface area (Å²) in [6.45, 7) is 5.71. The Morgan fingerprint density at radius 2 is 1.35 bits per heavy atom. The van der Waals surface area contributed by atoms with Crippen molar-refractivity contribution in [2.24, 2.45) is 14.1 Å². The molecule has 5 heterocycles. The monoisotopic (exact) mass is 698 g/mol. The lowest BCUT2D eigenvalue weighted by Crippen LogP contribution is -2.38. The summed E-state index contributed by atoms with van der Waals surface area (Å²) >= 11 is 0. The van der Waals surface area contributed by atoms with E-state index in [0.29, 0.717) is 5.56 Å². The van der Waals surface area contributed by atoms with Crippen molar-refractivity contribution in [1.29, 1.82) is 5.26 Å². The predicted molar refractivity (Wildman–Crippen MR) is 205 cm³/mol. The molecule has 2 aromatic carbocycles. The third kappa shape index (κ3) is 7.37. The molecule has 1 fully saturated rings. The molecule has 0 amide bonds. The first-order valence-electron chi connectivity index (χ1n) is 17.7. The summed E-state index contributed by atoms with van der Waals surface area (Å²) < 4.78 is 3.97. The number of anilines is 4. The summed E-state index contributed by atoms with van der Waals surface area (Å²) in [6, 6.07) is 18.3. The van der Waals surface area contributed by atoms with Crippen molar-refractivity contribution in [3.63, 3.8) is 0 Å². The van der Waals surface area contributed by atoms with Crippen LogP contribution in [0.25, 0.3) is 22.1 Å². The molecule has 0 bridgehead atoms. The van der Waals surface area contributed by atoms with E-state index in [-0.39, 0.29) is 12.1 Å². The number of carbonyl (C=O) groups excluding carboxylic acids is 1. The van der Waals surface area contributed by atoms with Crippen LogP contribution in [0, 0.1) is 11.3 Å². The number of piperidine rings is 1. The van der Waals surface area contributed by atoms with Crippen LogP contribution in [0.1, 0.15) is 59.8 Å². The van der Waals surface area contributed by atoms with Gasteiger partial charge in [-0.15, -0.1) is 0 Å². The molecule has 1 atom stereocenters.